The molecule has 2 N–H and O–H groups in total. The van der Waals surface area contributed by atoms with E-state index in [1.807, 2.05) is 0 Å². The van der Waals surface area contributed by atoms with Gasteiger partial charge in [0.1, 0.15) is 0 Å². The summed E-state index contributed by atoms with van der Waals surface area (Å²) in [5.41, 5.74) is -1.23. The number of sulfonamides is 1. The van der Waals surface area contributed by atoms with Crippen LogP contribution >= 0.6 is 11.6 Å². The predicted octanol–water partition coefficient (Wildman–Crippen LogP) is 2.63. The third kappa shape index (κ3) is 6.07. The van der Waals surface area contributed by atoms with E-state index in [1.54, 1.807) is 0 Å². The van der Waals surface area contributed by atoms with Gasteiger partial charge in [0.05, 0.1) is 15.5 Å². The van der Waals surface area contributed by atoms with Gasteiger partial charge in [-0.1, -0.05) is 18.5 Å². The predicted molar refractivity (Wildman–Crippen MR) is 99.5 cm³/mol. The Morgan fingerprint density at radius 3 is 2.71 bits per heavy atom. The number of carbonyl (C=O) groups is 1. The maximum atomic E-state index is 12.9. The van der Waals surface area contributed by atoms with Crippen LogP contribution in [0, 0.1) is 0 Å². The topological polar surface area (TPSA) is 78.5 Å². The van der Waals surface area contributed by atoms with Gasteiger partial charge in [0.15, 0.2) is 0 Å². The van der Waals surface area contributed by atoms with Crippen LogP contribution in [0.3, 0.4) is 0 Å². The van der Waals surface area contributed by atoms with E-state index in [0.717, 1.165) is 38.1 Å². The number of carbonyl (C=O) groups excluding carboxylic acids is 1. The molecule has 0 radical (unpaired) electrons. The van der Waals surface area contributed by atoms with Crippen molar-refractivity contribution in [1.29, 1.82) is 0 Å². The Labute approximate surface area is 167 Å². The minimum absolute atomic E-state index is 0.113. The van der Waals surface area contributed by atoms with Crippen LogP contribution in [0.5, 0.6) is 0 Å². The molecule has 1 saturated heterocycles. The molecular weight excluding hydrogens is 419 g/mol. The van der Waals surface area contributed by atoms with E-state index in [0.29, 0.717) is 12.6 Å². The third-order valence-electron chi connectivity index (χ3n) is 4.64. The van der Waals surface area contributed by atoms with E-state index in [9.17, 15) is 26.4 Å². The standard InChI is InChI=1S/C17H23ClF3N3O3S/c1-2-24-9-3-4-12(24)11-22-16(25)7-8-23-28(26,27)13-5-6-15(18)14(10-13)17(19,20)21/h5-6,10,12,23H,2-4,7-9,11H2,1H3,(H,22,25). The van der Waals surface area contributed by atoms with Crippen LogP contribution in [-0.2, 0) is 21.0 Å². The van der Waals surface area contributed by atoms with Crippen molar-refractivity contribution in [3.8, 4) is 0 Å². The maximum Gasteiger partial charge on any atom is 0.417 e. The Bertz CT molecular complexity index is 803. The number of hydrogen-bond acceptors (Lipinski definition) is 4. The highest BCUT2D eigenvalue weighted by Gasteiger charge is 2.34. The second-order valence-corrected chi connectivity index (χ2v) is 8.69. The highest BCUT2D eigenvalue weighted by atomic mass is 35.5. The zero-order chi connectivity index (χ0) is 20.9. The molecule has 1 atom stereocenters. The maximum absolute atomic E-state index is 12.9. The Balaban J connectivity index is 1.87. The molecule has 1 aromatic carbocycles. The summed E-state index contributed by atoms with van der Waals surface area (Å²) in [6.45, 7) is 4.22. The van der Waals surface area contributed by atoms with Gasteiger partial charge in [0.2, 0.25) is 15.9 Å². The van der Waals surface area contributed by atoms with Crippen molar-refractivity contribution < 1.29 is 26.4 Å². The number of rotatable bonds is 8. The number of likely N-dealkylation sites (tertiary alicyclic amines) is 1. The van der Waals surface area contributed by atoms with Crippen LogP contribution < -0.4 is 10.0 Å². The molecule has 0 bridgehead atoms. The summed E-state index contributed by atoms with van der Waals surface area (Å²) >= 11 is 5.49. The normalized spacial score (nSPS) is 18.4. The van der Waals surface area contributed by atoms with E-state index in [4.69, 9.17) is 11.6 Å². The minimum atomic E-state index is -4.77. The fourth-order valence-corrected chi connectivity index (χ4v) is 4.42. The molecule has 1 amide bonds. The van der Waals surface area contributed by atoms with Gasteiger partial charge in [-0.15, -0.1) is 0 Å². The summed E-state index contributed by atoms with van der Waals surface area (Å²) in [6, 6.07) is 2.62. The molecule has 0 aliphatic carbocycles. The first-order valence-electron chi connectivity index (χ1n) is 8.91. The van der Waals surface area contributed by atoms with Gasteiger partial charge in [0.25, 0.3) is 0 Å². The summed E-state index contributed by atoms with van der Waals surface area (Å²) in [7, 11) is -4.20. The Kier molecular flexibility index (Phi) is 7.72. The number of nitrogens with one attached hydrogen (secondary N) is 2. The molecule has 28 heavy (non-hydrogen) atoms. The molecule has 1 aliphatic rings. The Morgan fingerprint density at radius 1 is 1.36 bits per heavy atom. The fourth-order valence-electron chi connectivity index (χ4n) is 3.13. The summed E-state index contributed by atoms with van der Waals surface area (Å²) in [6.07, 6.45) is -2.80. The number of halogens is 4. The van der Waals surface area contributed by atoms with Gasteiger partial charge in [-0.25, -0.2) is 13.1 Å². The molecule has 2 rings (SSSR count). The number of alkyl halides is 3. The smallest absolute Gasteiger partial charge is 0.354 e. The molecule has 1 aliphatic heterocycles. The van der Waals surface area contributed by atoms with Crippen LogP contribution in [0.15, 0.2) is 23.1 Å². The van der Waals surface area contributed by atoms with Crippen LogP contribution in [0.2, 0.25) is 5.02 Å². The first-order valence-corrected chi connectivity index (χ1v) is 10.8. The Hall–Kier alpha value is -1.36. The summed E-state index contributed by atoms with van der Waals surface area (Å²) < 4.78 is 65.2. The van der Waals surface area contributed by atoms with E-state index < -0.39 is 31.7 Å². The third-order valence-corrected chi connectivity index (χ3v) is 6.43. The summed E-state index contributed by atoms with van der Waals surface area (Å²) in [5.74, 6) is -0.322. The zero-order valence-electron chi connectivity index (χ0n) is 15.4. The lowest BCUT2D eigenvalue weighted by Crippen LogP contribution is -2.40. The summed E-state index contributed by atoms with van der Waals surface area (Å²) in [4.78, 5) is 13.6. The van der Waals surface area contributed by atoms with Gasteiger partial charge < -0.3 is 5.32 Å². The zero-order valence-corrected chi connectivity index (χ0v) is 16.9. The van der Waals surface area contributed by atoms with Crippen molar-refractivity contribution in [1.82, 2.24) is 14.9 Å². The highest BCUT2D eigenvalue weighted by molar-refractivity contribution is 7.89. The largest absolute Gasteiger partial charge is 0.417 e. The molecule has 1 aromatic rings. The van der Waals surface area contributed by atoms with Crippen molar-refractivity contribution in [2.75, 3.05) is 26.2 Å². The average molecular weight is 442 g/mol. The molecule has 1 fully saturated rings. The van der Waals surface area contributed by atoms with E-state index in [-0.39, 0.29) is 24.9 Å². The second-order valence-electron chi connectivity index (χ2n) is 6.52. The van der Waals surface area contributed by atoms with E-state index >= 15 is 0 Å². The molecular formula is C17H23ClF3N3O3S. The monoisotopic (exact) mass is 441 g/mol. The first kappa shape index (κ1) is 22.9. The van der Waals surface area contributed by atoms with Crippen molar-refractivity contribution in [3.05, 3.63) is 28.8 Å². The van der Waals surface area contributed by atoms with Crippen LogP contribution in [0.1, 0.15) is 31.7 Å². The van der Waals surface area contributed by atoms with Crippen molar-refractivity contribution >= 4 is 27.5 Å². The molecule has 0 saturated carbocycles. The van der Waals surface area contributed by atoms with Crippen LogP contribution in [0.25, 0.3) is 0 Å². The van der Waals surface area contributed by atoms with Gasteiger partial charge in [0, 0.05) is 25.6 Å². The lowest BCUT2D eigenvalue weighted by molar-refractivity contribution is -0.137. The quantitative estimate of drug-likeness (QED) is 0.650. The van der Waals surface area contributed by atoms with Gasteiger partial charge in [-0.2, -0.15) is 13.2 Å². The van der Waals surface area contributed by atoms with E-state index in [1.165, 1.54) is 0 Å². The average Bonchev–Trinajstić information content (AvgIpc) is 3.06. The lowest BCUT2D eigenvalue weighted by atomic mass is 10.2. The van der Waals surface area contributed by atoms with Gasteiger partial charge in [-0.05, 0) is 44.1 Å². The van der Waals surface area contributed by atoms with Crippen molar-refractivity contribution in [2.45, 2.75) is 43.3 Å². The van der Waals surface area contributed by atoms with Crippen molar-refractivity contribution in [3.63, 3.8) is 0 Å². The number of benzene rings is 1. The Morgan fingerprint density at radius 2 is 2.07 bits per heavy atom. The molecule has 1 unspecified atom stereocenters. The fraction of sp³-hybridized carbons (Fsp3) is 0.588. The summed E-state index contributed by atoms with van der Waals surface area (Å²) in [5, 5.41) is 2.19. The first-order chi connectivity index (χ1) is 13.0. The minimum Gasteiger partial charge on any atom is -0.354 e. The highest BCUT2D eigenvalue weighted by Crippen LogP contribution is 2.35. The molecule has 6 nitrogen and oxygen atoms in total. The van der Waals surface area contributed by atoms with Crippen molar-refractivity contribution in [2.24, 2.45) is 0 Å². The lowest BCUT2D eigenvalue weighted by Gasteiger charge is -2.22. The molecule has 1 heterocycles. The second kappa shape index (κ2) is 9.43. The van der Waals surface area contributed by atoms with Crippen LogP contribution in [-0.4, -0.2) is 51.4 Å². The molecule has 11 heteroatoms. The number of likely N-dealkylation sites (N-methyl/N-ethyl adjacent to an activating group) is 1. The van der Waals surface area contributed by atoms with E-state index in [2.05, 4.69) is 21.9 Å². The van der Waals surface area contributed by atoms with Gasteiger partial charge in [-0.3, -0.25) is 9.69 Å². The van der Waals surface area contributed by atoms with Crippen LogP contribution in [0.4, 0.5) is 13.2 Å². The number of hydrogen-bond donors (Lipinski definition) is 2. The SMILES string of the molecule is CCN1CCCC1CNC(=O)CCNS(=O)(=O)c1ccc(Cl)c(C(F)(F)F)c1. The molecule has 0 spiro atoms. The van der Waals surface area contributed by atoms with Gasteiger partial charge >= 0.3 is 6.18 Å². The molecule has 158 valence electrons. The number of nitrogens with zero attached hydrogens (tertiary/aromatic N) is 1. The number of amides is 1. The molecule has 0 aromatic heterocycles.